The molecule has 118 valence electrons. The van der Waals surface area contributed by atoms with Gasteiger partial charge in [0.25, 0.3) is 5.91 Å². The third-order valence-electron chi connectivity index (χ3n) is 3.43. The second-order valence-electron chi connectivity index (χ2n) is 6.37. The van der Waals surface area contributed by atoms with Crippen molar-refractivity contribution in [2.75, 3.05) is 6.54 Å². The molecule has 0 saturated heterocycles. The largest absolute Gasteiger partial charge is 0.451 e. The number of aliphatic hydroxyl groups excluding tert-OH is 1. The molecule has 0 aliphatic carbocycles. The van der Waals surface area contributed by atoms with Gasteiger partial charge in [0.2, 0.25) is 0 Å². The van der Waals surface area contributed by atoms with Gasteiger partial charge in [0.05, 0.1) is 11.5 Å². The molecule has 1 heterocycles. The van der Waals surface area contributed by atoms with Crippen molar-refractivity contribution in [1.29, 1.82) is 0 Å². The third kappa shape index (κ3) is 3.95. The molecule has 0 bridgehead atoms. The number of para-hydroxylation sites is 1. The highest BCUT2D eigenvalue weighted by Crippen LogP contribution is 2.21. The number of hydrogen-bond acceptors (Lipinski definition) is 4. The Bertz CT molecular complexity index is 731. The number of nitrogens with one attached hydrogen (secondary N) is 1. The summed E-state index contributed by atoms with van der Waals surface area (Å²) < 4.78 is 5.49. The van der Waals surface area contributed by atoms with Gasteiger partial charge in [-0.1, -0.05) is 26.0 Å². The van der Waals surface area contributed by atoms with E-state index in [1.54, 1.807) is 31.2 Å². The molecule has 0 aliphatic heterocycles. The Balaban J connectivity index is 2.15. The summed E-state index contributed by atoms with van der Waals surface area (Å²) in [4.78, 5) is 24.1. The van der Waals surface area contributed by atoms with Crippen LogP contribution in [0.3, 0.4) is 0 Å². The Labute approximate surface area is 129 Å². The first kappa shape index (κ1) is 16.2. The van der Waals surface area contributed by atoms with Crippen LogP contribution in [0.4, 0.5) is 0 Å². The maximum absolute atomic E-state index is 12.2. The third-order valence-corrected chi connectivity index (χ3v) is 3.43. The molecule has 0 saturated carbocycles. The fourth-order valence-corrected chi connectivity index (χ4v) is 2.49. The summed E-state index contributed by atoms with van der Waals surface area (Å²) in [5, 5.41) is 12.7. The van der Waals surface area contributed by atoms with Crippen molar-refractivity contribution in [1.82, 2.24) is 5.32 Å². The minimum Gasteiger partial charge on any atom is -0.451 e. The molecule has 0 fully saturated rings. The number of carbonyl (C=O) groups excluding carboxylic acids is 1. The van der Waals surface area contributed by atoms with Crippen LogP contribution in [0.15, 0.2) is 39.5 Å². The number of hydrogen-bond donors (Lipinski definition) is 2. The monoisotopic (exact) mass is 303 g/mol. The van der Waals surface area contributed by atoms with Gasteiger partial charge in [-0.3, -0.25) is 9.59 Å². The number of fused-ring (bicyclic) bond motifs is 1. The van der Waals surface area contributed by atoms with Gasteiger partial charge < -0.3 is 14.8 Å². The zero-order chi connectivity index (χ0) is 16.3. The quantitative estimate of drug-likeness (QED) is 0.888. The van der Waals surface area contributed by atoms with Crippen molar-refractivity contribution >= 4 is 16.9 Å². The summed E-state index contributed by atoms with van der Waals surface area (Å²) in [7, 11) is 0. The molecule has 0 radical (unpaired) electrons. The van der Waals surface area contributed by atoms with Gasteiger partial charge in [-0.2, -0.15) is 0 Å². The fraction of sp³-hybridized carbons (Fsp3) is 0.412. The Morgan fingerprint density at radius 2 is 2.05 bits per heavy atom. The van der Waals surface area contributed by atoms with Crippen LogP contribution < -0.4 is 10.7 Å². The molecule has 1 atom stereocenters. The SMILES string of the molecule is CC(O)CC(C)(C)CNC(=O)c1cc(=O)c2ccccc2o1. The summed E-state index contributed by atoms with van der Waals surface area (Å²) in [6.45, 7) is 6.01. The van der Waals surface area contributed by atoms with E-state index in [1.165, 1.54) is 6.07 Å². The Hall–Kier alpha value is -2.14. The lowest BCUT2D eigenvalue weighted by molar-refractivity contribution is 0.0876. The van der Waals surface area contributed by atoms with Gasteiger partial charge in [-0.15, -0.1) is 0 Å². The number of amides is 1. The van der Waals surface area contributed by atoms with Crippen LogP contribution in [0, 0.1) is 5.41 Å². The van der Waals surface area contributed by atoms with Crippen molar-refractivity contribution in [2.45, 2.75) is 33.3 Å². The molecule has 1 amide bonds. The van der Waals surface area contributed by atoms with Crippen LogP contribution >= 0.6 is 0 Å². The number of rotatable bonds is 5. The van der Waals surface area contributed by atoms with Gasteiger partial charge in [0.1, 0.15) is 5.58 Å². The van der Waals surface area contributed by atoms with Crippen LogP contribution in [0.25, 0.3) is 11.0 Å². The lowest BCUT2D eigenvalue weighted by Gasteiger charge is -2.26. The van der Waals surface area contributed by atoms with E-state index in [1.807, 2.05) is 13.8 Å². The molecule has 22 heavy (non-hydrogen) atoms. The van der Waals surface area contributed by atoms with E-state index in [4.69, 9.17) is 4.42 Å². The van der Waals surface area contributed by atoms with E-state index in [-0.39, 0.29) is 16.6 Å². The molecule has 2 aromatic rings. The van der Waals surface area contributed by atoms with Crippen LogP contribution in [0.2, 0.25) is 0 Å². The van der Waals surface area contributed by atoms with Crippen molar-refractivity contribution in [2.24, 2.45) is 5.41 Å². The first-order chi connectivity index (χ1) is 10.3. The molecule has 0 aliphatic rings. The highest BCUT2D eigenvalue weighted by Gasteiger charge is 2.22. The molecule has 1 aromatic heterocycles. The van der Waals surface area contributed by atoms with Crippen molar-refractivity contribution < 1.29 is 14.3 Å². The van der Waals surface area contributed by atoms with Gasteiger partial charge >= 0.3 is 0 Å². The van der Waals surface area contributed by atoms with E-state index in [0.717, 1.165) is 0 Å². The molecule has 5 nitrogen and oxygen atoms in total. The minimum absolute atomic E-state index is 0.00320. The summed E-state index contributed by atoms with van der Waals surface area (Å²) in [6, 6.07) is 8.02. The summed E-state index contributed by atoms with van der Waals surface area (Å²) in [6.07, 6.45) is 0.125. The van der Waals surface area contributed by atoms with E-state index in [2.05, 4.69) is 5.32 Å². The minimum atomic E-state index is -0.439. The van der Waals surface area contributed by atoms with Crippen LogP contribution in [-0.4, -0.2) is 23.7 Å². The highest BCUT2D eigenvalue weighted by molar-refractivity contribution is 5.93. The van der Waals surface area contributed by atoms with E-state index in [9.17, 15) is 14.7 Å². The maximum Gasteiger partial charge on any atom is 0.287 e. The van der Waals surface area contributed by atoms with Gasteiger partial charge in [-0.05, 0) is 30.9 Å². The predicted octanol–water partition coefficient (Wildman–Crippen LogP) is 2.32. The van der Waals surface area contributed by atoms with Crippen molar-refractivity contribution in [3.05, 3.63) is 46.3 Å². The second kappa shape index (κ2) is 6.32. The average Bonchev–Trinajstić information content (AvgIpc) is 2.43. The molecule has 2 N–H and O–H groups in total. The second-order valence-corrected chi connectivity index (χ2v) is 6.37. The Morgan fingerprint density at radius 3 is 2.73 bits per heavy atom. The fourth-order valence-electron chi connectivity index (χ4n) is 2.49. The predicted molar refractivity (Wildman–Crippen MR) is 84.9 cm³/mol. The zero-order valence-corrected chi connectivity index (χ0v) is 13.1. The summed E-state index contributed by atoms with van der Waals surface area (Å²) in [5.74, 6) is -0.432. The average molecular weight is 303 g/mol. The smallest absolute Gasteiger partial charge is 0.287 e. The molecule has 2 rings (SSSR count). The maximum atomic E-state index is 12.2. The molecule has 1 unspecified atom stereocenters. The van der Waals surface area contributed by atoms with Crippen molar-refractivity contribution in [3.8, 4) is 0 Å². The Morgan fingerprint density at radius 1 is 1.36 bits per heavy atom. The Kier molecular flexibility index (Phi) is 4.66. The molecule has 1 aromatic carbocycles. The summed E-state index contributed by atoms with van der Waals surface area (Å²) >= 11 is 0. The molecular weight excluding hydrogens is 282 g/mol. The lowest BCUT2D eigenvalue weighted by atomic mass is 9.87. The topological polar surface area (TPSA) is 79.5 Å². The lowest BCUT2D eigenvalue weighted by Crippen LogP contribution is -2.36. The highest BCUT2D eigenvalue weighted by atomic mass is 16.3. The van der Waals surface area contributed by atoms with Gasteiger partial charge in [0.15, 0.2) is 11.2 Å². The zero-order valence-electron chi connectivity index (χ0n) is 13.1. The van der Waals surface area contributed by atoms with Crippen LogP contribution in [0.5, 0.6) is 0 Å². The van der Waals surface area contributed by atoms with Gasteiger partial charge in [-0.25, -0.2) is 0 Å². The normalized spacial score (nSPS) is 13.1. The molecule has 0 spiro atoms. The first-order valence-corrected chi connectivity index (χ1v) is 7.28. The van der Waals surface area contributed by atoms with E-state index < -0.39 is 12.0 Å². The van der Waals surface area contributed by atoms with E-state index >= 15 is 0 Å². The standard InChI is InChI=1S/C17H21NO4/c1-11(19)9-17(2,3)10-18-16(21)15-8-13(20)12-6-4-5-7-14(12)22-15/h4-8,11,19H,9-10H2,1-3H3,(H,18,21). The number of aliphatic hydroxyl groups is 1. The molecule has 5 heteroatoms. The number of benzene rings is 1. The van der Waals surface area contributed by atoms with Crippen LogP contribution in [-0.2, 0) is 0 Å². The van der Waals surface area contributed by atoms with Crippen molar-refractivity contribution in [3.63, 3.8) is 0 Å². The molecular formula is C17H21NO4. The summed E-state index contributed by atoms with van der Waals surface area (Å²) in [5.41, 5.74) is -0.0975. The number of carbonyl (C=O) groups is 1. The van der Waals surface area contributed by atoms with Gasteiger partial charge in [0, 0.05) is 12.6 Å². The van der Waals surface area contributed by atoms with E-state index in [0.29, 0.717) is 23.9 Å². The van der Waals surface area contributed by atoms with Crippen LogP contribution in [0.1, 0.15) is 37.7 Å². The first-order valence-electron chi connectivity index (χ1n) is 7.28.